The Hall–Kier alpha value is -2.38. The van der Waals surface area contributed by atoms with Gasteiger partial charge in [-0.25, -0.2) is 9.78 Å². The van der Waals surface area contributed by atoms with E-state index < -0.39 is 0 Å². The Labute approximate surface area is 139 Å². The molecule has 3 aromatic rings. The van der Waals surface area contributed by atoms with Crippen molar-refractivity contribution in [1.82, 2.24) is 14.1 Å². The van der Waals surface area contributed by atoms with Crippen molar-refractivity contribution in [2.24, 2.45) is 7.05 Å². The molecule has 0 aliphatic heterocycles. The van der Waals surface area contributed by atoms with Crippen LogP contribution in [0, 0.1) is 0 Å². The number of benzene rings is 1. The van der Waals surface area contributed by atoms with Crippen LogP contribution >= 0.6 is 22.9 Å². The highest BCUT2D eigenvalue weighted by atomic mass is 35.5. The van der Waals surface area contributed by atoms with E-state index in [1.54, 1.807) is 18.3 Å². The number of aromatic nitrogens is 3. The average Bonchev–Trinajstić information content (AvgIpc) is 2.99. The highest BCUT2D eigenvalue weighted by Gasteiger charge is 2.12. The van der Waals surface area contributed by atoms with Crippen LogP contribution < -0.4 is 11.2 Å². The number of rotatable bonds is 3. The van der Waals surface area contributed by atoms with Crippen molar-refractivity contribution in [1.29, 1.82) is 0 Å². The van der Waals surface area contributed by atoms with E-state index in [2.05, 4.69) is 4.98 Å². The molecule has 0 bridgehead atoms. The fourth-order valence-electron chi connectivity index (χ4n) is 2.09. The number of thiazole rings is 1. The lowest BCUT2D eigenvalue weighted by Crippen LogP contribution is -2.36. The number of nitrogens with zero attached hydrogens (tertiary/aromatic N) is 3. The minimum atomic E-state index is -0.386. The van der Waals surface area contributed by atoms with E-state index in [-0.39, 0.29) is 22.0 Å². The summed E-state index contributed by atoms with van der Waals surface area (Å²) < 4.78 is 2.48. The van der Waals surface area contributed by atoms with Gasteiger partial charge >= 0.3 is 5.69 Å². The summed E-state index contributed by atoms with van der Waals surface area (Å²) in [5.41, 5.74) is -0.0960. The first-order valence-corrected chi connectivity index (χ1v) is 7.86. The molecule has 8 heteroatoms. The van der Waals surface area contributed by atoms with Crippen molar-refractivity contribution >= 4 is 22.9 Å². The molecule has 1 N–H and O–H groups in total. The zero-order chi connectivity index (χ0) is 16.6. The van der Waals surface area contributed by atoms with Gasteiger partial charge in [-0.3, -0.25) is 13.9 Å². The van der Waals surface area contributed by atoms with Crippen LogP contribution in [-0.4, -0.2) is 19.2 Å². The third-order valence-corrected chi connectivity index (χ3v) is 4.76. The summed E-state index contributed by atoms with van der Waals surface area (Å²) in [4.78, 5) is 28.6. The van der Waals surface area contributed by atoms with Crippen LogP contribution in [0.3, 0.4) is 0 Å². The first-order chi connectivity index (χ1) is 11.0. The Morgan fingerprint density at radius 2 is 2.09 bits per heavy atom. The van der Waals surface area contributed by atoms with E-state index in [1.165, 1.54) is 41.3 Å². The van der Waals surface area contributed by atoms with Gasteiger partial charge in [0.05, 0.1) is 11.6 Å². The van der Waals surface area contributed by atoms with Crippen molar-refractivity contribution in [3.63, 3.8) is 0 Å². The Kier molecular flexibility index (Phi) is 4.06. The molecule has 2 aromatic heterocycles. The van der Waals surface area contributed by atoms with Crippen LogP contribution in [0.1, 0.15) is 4.88 Å². The van der Waals surface area contributed by atoms with Gasteiger partial charge in [0.2, 0.25) is 0 Å². The van der Waals surface area contributed by atoms with Gasteiger partial charge in [-0.1, -0.05) is 23.7 Å². The second-order valence-electron chi connectivity index (χ2n) is 4.89. The van der Waals surface area contributed by atoms with Gasteiger partial charge in [-0.05, 0) is 6.07 Å². The number of hydrogen-bond donors (Lipinski definition) is 1. The molecule has 0 amide bonds. The maximum absolute atomic E-state index is 12.0. The van der Waals surface area contributed by atoms with Crippen LogP contribution in [0.25, 0.3) is 10.6 Å². The molecule has 2 heterocycles. The predicted octanol–water partition coefficient (Wildman–Crippen LogP) is 2.08. The van der Waals surface area contributed by atoms with E-state index >= 15 is 0 Å². The van der Waals surface area contributed by atoms with Gasteiger partial charge in [0.25, 0.3) is 5.56 Å². The van der Waals surface area contributed by atoms with Crippen LogP contribution in [0.2, 0.25) is 5.02 Å². The van der Waals surface area contributed by atoms with Crippen LogP contribution in [-0.2, 0) is 13.6 Å². The summed E-state index contributed by atoms with van der Waals surface area (Å²) in [6.07, 6.45) is 3.11. The maximum atomic E-state index is 12.0. The SMILES string of the molecule is Cn1c(=O)ccn(Cc2cnc(-c3cccc(O)c3Cl)s2)c1=O. The quantitative estimate of drug-likeness (QED) is 0.785. The van der Waals surface area contributed by atoms with Crippen molar-refractivity contribution < 1.29 is 5.11 Å². The average molecular weight is 350 g/mol. The van der Waals surface area contributed by atoms with Crippen molar-refractivity contribution in [2.75, 3.05) is 0 Å². The fourth-order valence-corrected chi connectivity index (χ4v) is 3.31. The molecular formula is C15H12ClN3O3S. The minimum absolute atomic E-state index is 0.00445. The van der Waals surface area contributed by atoms with Gasteiger partial charge in [-0.2, -0.15) is 0 Å². The molecule has 6 nitrogen and oxygen atoms in total. The van der Waals surface area contributed by atoms with E-state index in [0.29, 0.717) is 17.1 Å². The zero-order valence-corrected chi connectivity index (χ0v) is 13.6. The molecule has 0 saturated carbocycles. The molecule has 0 fully saturated rings. The number of phenolic OH excluding ortho intramolecular Hbond substituents is 1. The lowest BCUT2D eigenvalue weighted by molar-refractivity contribution is 0.476. The van der Waals surface area contributed by atoms with E-state index in [0.717, 1.165) is 9.44 Å². The van der Waals surface area contributed by atoms with E-state index in [1.807, 2.05) is 0 Å². The molecule has 0 radical (unpaired) electrons. The smallest absolute Gasteiger partial charge is 0.331 e. The summed E-state index contributed by atoms with van der Waals surface area (Å²) >= 11 is 7.45. The molecule has 0 aliphatic rings. The number of aromatic hydroxyl groups is 1. The molecule has 0 unspecified atom stereocenters. The first-order valence-electron chi connectivity index (χ1n) is 6.66. The lowest BCUT2D eigenvalue weighted by atomic mass is 10.2. The monoisotopic (exact) mass is 349 g/mol. The Morgan fingerprint density at radius 3 is 2.87 bits per heavy atom. The molecule has 1 aromatic carbocycles. The molecule has 0 saturated heterocycles. The molecule has 118 valence electrons. The lowest BCUT2D eigenvalue weighted by Gasteiger charge is -2.04. The van der Waals surface area contributed by atoms with Gasteiger partial charge in [0, 0.05) is 35.9 Å². The second-order valence-corrected chi connectivity index (χ2v) is 6.39. The largest absolute Gasteiger partial charge is 0.506 e. The molecule has 0 atom stereocenters. The highest BCUT2D eigenvalue weighted by Crippen LogP contribution is 2.36. The molecule has 0 spiro atoms. The third-order valence-electron chi connectivity index (χ3n) is 3.35. The number of phenols is 1. The Morgan fingerprint density at radius 1 is 1.30 bits per heavy atom. The topological polar surface area (TPSA) is 77.1 Å². The van der Waals surface area contributed by atoms with Gasteiger partial charge in [0.1, 0.15) is 10.8 Å². The minimum Gasteiger partial charge on any atom is -0.506 e. The second kappa shape index (κ2) is 6.02. The molecule has 23 heavy (non-hydrogen) atoms. The van der Waals surface area contributed by atoms with Crippen LogP contribution in [0.4, 0.5) is 0 Å². The highest BCUT2D eigenvalue weighted by molar-refractivity contribution is 7.15. The van der Waals surface area contributed by atoms with Crippen LogP contribution in [0.5, 0.6) is 5.75 Å². The van der Waals surface area contributed by atoms with Crippen LogP contribution in [0.15, 0.2) is 46.2 Å². The Balaban J connectivity index is 1.94. The van der Waals surface area contributed by atoms with Gasteiger partial charge in [0.15, 0.2) is 0 Å². The first kappa shape index (κ1) is 15.5. The van der Waals surface area contributed by atoms with E-state index in [9.17, 15) is 14.7 Å². The normalized spacial score (nSPS) is 10.9. The summed E-state index contributed by atoms with van der Waals surface area (Å²) in [5, 5.41) is 10.6. The maximum Gasteiger partial charge on any atom is 0.331 e. The van der Waals surface area contributed by atoms with Crippen molar-refractivity contribution in [2.45, 2.75) is 6.54 Å². The summed E-state index contributed by atoms with van der Waals surface area (Å²) in [5.74, 6) is -0.00445. The van der Waals surface area contributed by atoms with E-state index in [4.69, 9.17) is 11.6 Å². The molecule has 0 aliphatic carbocycles. The summed E-state index contributed by atoms with van der Waals surface area (Å²) in [6, 6.07) is 6.30. The molecular weight excluding hydrogens is 338 g/mol. The molecule has 3 rings (SSSR count). The zero-order valence-electron chi connectivity index (χ0n) is 12.1. The van der Waals surface area contributed by atoms with Gasteiger partial charge in [-0.15, -0.1) is 11.3 Å². The number of halogens is 1. The van der Waals surface area contributed by atoms with Gasteiger partial charge < -0.3 is 5.11 Å². The predicted molar refractivity (Wildman–Crippen MR) is 89.3 cm³/mol. The van der Waals surface area contributed by atoms with Crippen molar-refractivity contribution in [3.05, 3.63) is 67.4 Å². The fraction of sp³-hybridized carbons (Fsp3) is 0.133. The third kappa shape index (κ3) is 2.93. The number of hydrogen-bond acceptors (Lipinski definition) is 5. The standard InChI is InChI=1S/C15H12ClN3O3S/c1-18-12(21)5-6-19(15(18)22)8-9-7-17-14(23-9)10-3-2-4-11(20)13(10)16/h2-7,20H,8H2,1H3. The summed E-state index contributed by atoms with van der Waals surface area (Å²) in [7, 11) is 1.44. The summed E-state index contributed by atoms with van der Waals surface area (Å²) in [6.45, 7) is 0.307. The Bertz CT molecular complexity index is 990. The van der Waals surface area contributed by atoms with Crippen molar-refractivity contribution in [3.8, 4) is 16.3 Å².